The van der Waals surface area contributed by atoms with Crippen LogP contribution in [0.25, 0.3) is 0 Å². The SMILES string of the molecule is [C+]#Cc1ccccc1. The molecule has 0 aliphatic carbocycles. The second kappa shape index (κ2) is 2.34. The molecule has 0 radical (unpaired) electrons. The van der Waals surface area contributed by atoms with Crippen LogP contribution >= 0.6 is 0 Å². The van der Waals surface area contributed by atoms with Crippen LogP contribution in [0.15, 0.2) is 30.3 Å². The Morgan fingerprint density at radius 3 is 2.12 bits per heavy atom. The van der Waals surface area contributed by atoms with Gasteiger partial charge < -0.3 is 0 Å². The van der Waals surface area contributed by atoms with Crippen LogP contribution in [0.4, 0.5) is 0 Å². The molecule has 0 unspecified atom stereocenters. The van der Waals surface area contributed by atoms with Gasteiger partial charge in [-0.3, -0.25) is 0 Å². The zero-order chi connectivity index (χ0) is 5.82. The van der Waals surface area contributed by atoms with Crippen LogP contribution < -0.4 is 0 Å². The Balaban J connectivity index is 3.05. The number of benzene rings is 1. The summed E-state index contributed by atoms with van der Waals surface area (Å²) in [7, 11) is 0. The van der Waals surface area contributed by atoms with E-state index in [9.17, 15) is 0 Å². The molecule has 0 heterocycles. The molecule has 0 heteroatoms. The maximum absolute atomic E-state index is 6.69. The van der Waals surface area contributed by atoms with Gasteiger partial charge in [-0.1, -0.05) is 0 Å². The van der Waals surface area contributed by atoms with E-state index in [0.29, 0.717) is 0 Å². The van der Waals surface area contributed by atoms with Gasteiger partial charge in [-0.05, 0) is 0 Å². The molecule has 0 nitrogen and oxygen atoms in total. The summed E-state index contributed by atoms with van der Waals surface area (Å²) in [5, 5.41) is 0. The molecule has 0 bridgehead atoms. The van der Waals surface area contributed by atoms with Crippen molar-refractivity contribution in [3.05, 3.63) is 42.3 Å². The van der Waals surface area contributed by atoms with Crippen LogP contribution in [0.1, 0.15) is 5.56 Å². The molecule has 0 aliphatic heterocycles. The molecule has 1 rings (SSSR count). The molecular formula is C8H5+. The Labute approximate surface area is 49.2 Å². The summed E-state index contributed by atoms with van der Waals surface area (Å²) < 4.78 is 0. The van der Waals surface area contributed by atoms with E-state index in [1.165, 1.54) is 0 Å². The average molecular weight is 101 g/mol. The maximum atomic E-state index is 6.69. The molecule has 0 atom stereocenters. The molecular weight excluding hydrogens is 96.1 g/mol. The van der Waals surface area contributed by atoms with E-state index in [2.05, 4.69) is 5.92 Å². The van der Waals surface area contributed by atoms with Crippen LogP contribution in [0, 0.1) is 12.3 Å². The molecule has 0 N–H and O–H groups in total. The van der Waals surface area contributed by atoms with Crippen molar-refractivity contribution in [1.82, 2.24) is 0 Å². The van der Waals surface area contributed by atoms with Crippen LogP contribution in [0.3, 0.4) is 0 Å². The summed E-state index contributed by atoms with van der Waals surface area (Å²) in [5.74, 6) is 2.28. The molecule has 0 saturated carbocycles. The van der Waals surface area contributed by atoms with Crippen LogP contribution in [-0.4, -0.2) is 0 Å². The zero-order valence-corrected chi connectivity index (χ0v) is 4.39. The molecule has 0 saturated heterocycles. The Morgan fingerprint density at radius 1 is 1.12 bits per heavy atom. The molecule has 0 amide bonds. The van der Waals surface area contributed by atoms with E-state index in [1.54, 1.807) is 0 Å². The third-order valence-corrected chi connectivity index (χ3v) is 0.918. The third kappa shape index (κ3) is 0.988. The topological polar surface area (TPSA) is 0 Å². The molecule has 1 aromatic carbocycles. The van der Waals surface area contributed by atoms with Gasteiger partial charge >= 0.3 is 48.2 Å². The predicted octanol–water partition coefficient (Wildman–Crippen LogP) is 1.62. The number of hydrogen-bond donors (Lipinski definition) is 0. The van der Waals surface area contributed by atoms with Crippen molar-refractivity contribution in [2.24, 2.45) is 0 Å². The van der Waals surface area contributed by atoms with E-state index in [0.717, 1.165) is 5.56 Å². The second-order valence-corrected chi connectivity index (χ2v) is 1.49. The normalized spacial score (nSPS) is 8.25. The van der Waals surface area contributed by atoms with Gasteiger partial charge in [0.25, 0.3) is 0 Å². The van der Waals surface area contributed by atoms with Gasteiger partial charge in [0.1, 0.15) is 0 Å². The summed E-state index contributed by atoms with van der Waals surface area (Å²) in [5.41, 5.74) is 0.826. The standard InChI is InChI=1S/C8H5/c1-2-8-6-4-3-5-7-8/h3-7H/q+1. The zero-order valence-electron chi connectivity index (χ0n) is 4.39. The number of hydrogen-bond acceptors (Lipinski definition) is 0. The van der Waals surface area contributed by atoms with E-state index >= 15 is 0 Å². The Kier molecular flexibility index (Phi) is 1.51. The van der Waals surface area contributed by atoms with Gasteiger partial charge in [-0.15, -0.1) is 0 Å². The monoisotopic (exact) mass is 101 g/mol. The van der Waals surface area contributed by atoms with Crippen LogP contribution in [-0.2, 0) is 0 Å². The molecule has 1 aromatic rings. The average Bonchev–Trinajstić information content (AvgIpc) is 1.90. The molecule has 0 fully saturated rings. The summed E-state index contributed by atoms with van der Waals surface area (Å²) in [4.78, 5) is 0. The van der Waals surface area contributed by atoms with Gasteiger partial charge in [0.05, 0.1) is 0 Å². The first-order valence-corrected chi connectivity index (χ1v) is 2.41. The summed E-state index contributed by atoms with van der Waals surface area (Å²) in [6.45, 7) is 0. The quantitative estimate of drug-likeness (QED) is 0.344. The fourth-order valence-electron chi connectivity index (χ4n) is 0.521. The fraction of sp³-hybridized carbons (Fsp3) is 0. The van der Waals surface area contributed by atoms with Gasteiger partial charge in [0.15, 0.2) is 0 Å². The van der Waals surface area contributed by atoms with Crippen molar-refractivity contribution in [3.8, 4) is 5.92 Å². The minimum atomic E-state index is 0.826. The summed E-state index contributed by atoms with van der Waals surface area (Å²) >= 11 is 0. The predicted molar refractivity (Wildman–Crippen MR) is 32.7 cm³/mol. The molecule has 0 aromatic heterocycles. The van der Waals surface area contributed by atoms with E-state index < -0.39 is 0 Å². The summed E-state index contributed by atoms with van der Waals surface area (Å²) in [6, 6.07) is 9.37. The Hall–Kier alpha value is -1.00. The Morgan fingerprint density at radius 2 is 1.75 bits per heavy atom. The Bertz CT molecular complexity index is 191. The van der Waals surface area contributed by atoms with Gasteiger partial charge in [-0.25, -0.2) is 0 Å². The minimum absolute atomic E-state index is 0.826. The van der Waals surface area contributed by atoms with E-state index in [4.69, 9.17) is 6.42 Å². The van der Waals surface area contributed by atoms with Crippen molar-refractivity contribution in [1.29, 1.82) is 0 Å². The fourth-order valence-corrected chi connectivity index (χ4v) is 0.521. The van der Waals surface area contributed by atoms with Crippen molar-refractivity contribution < 1.29 is 0 Å². The van der Waals surface area contributed by atoms with Crippen molar-refractivity contribution in [2.75, 3.05) is 0 Å². The molecule has 8 heavy (non-hydrogen) atoms. The first-order valence-electron chi connectivity index (χ1n) is 2.41. The number of rotatable bonds is 0. The van der Waals surface area contributed by atoms with Crippen LogP contribution in [0.5, 0.6) is 0 Å². The molecule has 0 aliphatic rings. The molecule has 36 valence electrons. The van der Waals surface area contributed by atoms with Gasteiger partial charge in [0.2, 0.25) is 0 Å². The first kappa shape index (κ1) is 5.14. The van der Waals surface area contributed by atoms with Crippen molar-refractivity contribution in [3.63, 3.8) is 0 Å². The van der Waals surface area contributed by atoms with E-state index in [1.807, 2.05) is 30.3 Å². The van der Waals surface area contributed by atoms with Gasteiger partial charge in [0, 0.05) is 0 Å². The van der Waals surface area contributed by atoms with Crippen LogP contribution in [0.2, 0.25) is 0 Å². The van der Waals surface area contributed by atoms with Gasteiger partial charge in [-0.2, -0.15) is 0 Å². The third-order valence-electron chi connectivity index (χ3n) is 0.918. The molecule has 0 spiro atoms. The van der Waals surface area contributed by atoms with Crippen molar-refractivity contribution >= 4 is 0 Å². The van der Waals surface area contributed by atoms with E-state index in [-0.39, 0.29) is 0 Å². The first-order chi connectivity index (χ1) is 3.93. The summed E-state index contributed by atoms with van der Waals surface area (Å²) in [6.07, 6.45) is 6.69. The van der Waals surface area contributed by atoms with Crippen molar-refractivity contribution in [2.45, 2.75) is 0 Å². The second-order valence-electron chi connectivity index (χ2n) is 1.49.